The highest BCUT2D eigenvalue weighted by atomic mass is 35.5. The maximum absolute atomic E-state index is 13.1. The number of hydrogen-bond donors (Lipinski definition) is 0. The van der Waals surface area contributed by atoms with Crippen molar-refractivity contribution in [3.05, 3.63) is 73.3 Å². The molecule has 1 saturated heterocycles. The Balaban J connectivity index is 1.89. The second-order valence-corrected chi connectivity index (χ2v) is 7.35. The summed E-state index contributed by atoms with van der Waals surface area (Å²) in [7, 11) is 0. The van der Waals surface area contributed by atoms with E-state index in [2.05, 4.69) is 0 Å². The molecule has 2 amide bonds. The minimum atomic E-state index is -0.490. The Hall–Kier alpha value is -1.53. The number of benzene rings is 2. The quantitative estimate of drug-likeness (QED) is 0.574. The van der Waals surface area contributed by atoms with Gasteiger partial charge in [0.2, 0.25) is 0 Å². The van der Waals surface area contributed by atoms with Crippen LogP contribution in [0, 0.1) is 5.82 Å². The van der Waals surface area contributed by atoms with E-state index in [0.29, 0.717) is 21.2 Å². The molecule has 0 aromatic heterocycles. The average Bonchev–Trinajstić information content (AvgIpc) is 2.81. The van der Waals surface area contributed by atoms with Crippen molar-refractivity contribution >= 4 is 63.8 Å². The first-order valence-electron chi connectivity index (χ1n) is 7.00. The summed E-state index contributed by atoms with van der Waals surface area (Å²) < 4.78 is 13.1. The second kappa shape index (κ2) is 7.38. The van der Waals surface area contributed by atoms with Gasteiger partial charge in [-0.15, -0.1) is 0 Å². The van der Waals surface area contributed by atoms with Crippen LogP contribution < -0.4 is 0 Å². The Kier molecular flexibility index (Phi) is 5.39. The fourth-order valence-electron chi connectivity index (χ4n) is 2.24. The minimum absolute atomic E-state index is 0.0443. The van der Waals surface area contributed by atoms with Gasteiger partial charge in [-0.2, -0.15) is 0 Å². The molecular weight excluding hydrogens is 408 g/mol. The first kappa shape index (κ1) is 18.3. The molecule has 0 N–H and O–H groups in total. The number of amides is 2. The van der Waals surface area contributed by atoms with Crippen molar-refractivity contribution in [3.8, 4) is 0 Å². The first-order valence-corrected chi connectivity index (χ1v) is 8.95. The molecule has 0 bridgehead atoms. The topological polar surface area (TPSA) is 37.4 Å². The molecule has 0 aliphatic carbocycles. The summed E-state index contributed by atoms with van der Waals surface area (Å²) in [5.41, 5.74) is 0.943. The summed E-state index contributed by atoms with van der Waals surface area (Å²) >= 11 is 18.9. The van der Waals surface area contributed by atoms with Gasteiger partial charge in [0.25, 0.3) is 11.1 Å². The zero-order valence-corrected chi connectivity index (χ0v) is 15.5. The maximum Gasteiger partial charge on any atom is 0.293 e. The van der Waals surface area contributed by atoms with Crippen molar-refractivity contribution in [2.24, 2.45) is 0 Å². The van der Waals surface area contributed by atoms with Crippen LogP contribution in [0.2, 0.25) is 15.1 Å². The van der Waals surface area contributed by atoms with Crippen LogP contribution in [0.15, 0.2) is 41.3 Å². The first-order chi connectivity index (χ1) is 11.9. The van der Waals surface area contributed by atoms with E-state index in [9.17, 15) is 14.0 Å². The number of halogens is 4. The molecule has 1 heterocycles. The second-order valence-electron chi connectivity index (χ2n) is 5.14. The summed E-state index contributed by atoms with van der Waals surface area (Å²) in [6.07, 6.45) is 1.49. The third kappa shape index (κ3) is 3.85. The van der Waals surface area contributed by atoms with E-state index in [-0.39, 0.29) is 16.5 Å². The molecule has 0 saturated carbocycles. The fraction of sp³-hybridized carbons (Fsp3) is 0.0588. The van der Waals surface area contributed by atoms with E-state index in [1.54, 1.807) is 18.2 Å². The van der Waals surface area contributed by atoms with Crippen LogP contribution in [0.3, 0.4) is 0 Å². The number of carbonyl (C=O) groups excluding carboxylic acids is 2. The van der Waals surface area contributed by atoms with Crippen molar-refractivity contribution in [2.75, 3.05) is 0 Å². The number of imide groups is 1. The zero-order valence-electron chi connectivity index (χ0n) is 12.4. The van der Waals surface area contributed by atoms with Crippen LogP contribution in [0.1, 0.15) is 11.1 Å². The lowest BCUT2D eigenvalue weighted by Gasteiger charge is -2.13. The maximum atomic E-state index is 13.1. The number of thioether (sulfide) groups is 1. The minimum Gasteiger partial charge on any atom is -0.268 e. The number of carbonyl (C=O) groups is 2. The Labute approximate surface area is 162 Å². The lowest BCUT2D eigenvalue weighted by atomic mass is 10.2. The molecule has 1 aliphatic heterocycles. The van der Waals surface area contributed by atoms with Gasteiger partial charge < -0.3 is 0 Å². The summed E-state index contributed by atoms with van der Waals surface area (Å²) in [6.45, 7) is -0.0443. The molecule has 1 fully saturated rings. The molecular formula is C17H9Cl3FNO2S. The summed E-state index contributed by atoms with van der Waals surface area (Å²) in [6, 6.07) is 8.76. The van der Waals surface area contributed by atoms with Gasteiger partial charge in [-0.1, -0.05) is 46.9 Å². The molecule has 3 nitrogen and oxygen atoms in total. The monoisotopic (exact) mass is 415 g/mol. The van der Waals surface area contributed by atoms with Crippen LogP contribution in [0.5, 0.6) is 0 Å². The molecule has 3 rings (SSSR count). The van der Waals surface area contributed by atoms with Gasteiger partial charge in [0.15, 0.2) is 0 Å². The van der Waals surface area contributed by atoms with Crippen molar-refractivity contribution in [3.63, 3.8) is 0 Å². The number of nitrogens with zero attached hydrogens (tertiary/aromatic N) is 1. The number of rotatable bonds is 3. The van der Waals surface area contributed by atoms with Gasteiger partial charge in [-0.05, 0) is 47.7 Å². The summed E-state index contributed by atoms with van der Waals surface area (Å²) in [4.78, 5) is 26.0. The molecule has 25 heavy (non-hydrogen) atoms. The van der Waals surface area contributed by atoms with Crippen molar-refractivity contribution in [1.29, 1.82) is 0 Å². The van der Waals surface area contributed by atoms with E-state index in [1.165, 1.54) is 18.2 Å². The van der Waals surface area contributed by atoms with Crippen LogP contribution >= 0.6 is 46.6 Å². The van der Waals surface area contributed by atoms with Gasteiger partial charge in [-0.3, -0.25) is 14.5 Å². The summed E-state index contributed by atoms with van der Waals surface area (Å²) in [5.74, 6) is -0.970. The Morgan fingerprint density at radius 2 is 1.72 bits per heavy atom. The molecule has 0 radical (unpaired) electrons. The van der Waals surface area contributed by atoms with E-state index >= 15 is 0 Å². The predicted octanol–water partition coefficient (Wildman–Crippen LogP) is 6.02. The van der Waals surface area contributed by atoms with Crippen LogP contribution in [-0.2, 0) is 11.3 Å². The molecule has 0 unspecified atom stereocenters. The van der Waals surface area contributed by atoms with E-state index in [0.717, 1.165) is 22.7 Å². The lowest BCUT2D eigenvalue weighted by Crippen LogP contribution is -2.27. The van der Waals surface area contributed by atoms with Crippen LogP contribution in [0.25, 0.3) is 6.08 Å². The van der Waals surface area contributed by atoms with Gasteiger partial charge >= 0.3 is 0 Å². The van der Waals surface area contributed by atoms with Gasteiger partial charge in [-0.25, -0.2) is 4.39 Å². The lowest BCUT2D eigenvalue weighted by molar-refractivity contribution is -0.123. The SMILES string of the molecule is O=C1S/C(=C/c2c(Cl)cccc2Cl)C(=O)N1Cc1ccc(F)cc1Cl. The van der Waals surface area contributed by atoms with Crippen molar-refractivity contribution in [2.45, 2.75) is 6.54 Å². The highest BCUT2D eigenvalue weighted by Gasteiger charge is 2.35. The van der Waals surface area contributed by atoms with Crippen LogP contribution in [-0.4, -0.2) is 16.0 Å². The Morgan fingerprint density at radius 3 is 2.36 bits per heavy atom. The van der Waals surface area contributed by atoms with Crippen molar-refractivity contribution in [1.82, 2.24) is 4.90 Å². The normalized spacial score (nSPS) is 16.2. The third-order valence-electron chi connectivity index (χ3n) is 3.49. The molecule has 2 aromatic carbocycles. The fourth-order valence-corrected chi connectivity index (χ4v) is 3.79. The van der Waals surface area contributed by atoms with E-state index in [4.69, 9.17) is 34.8 Å². The molecule has 1 aliphatic rings. The van der Waals surface area contributed by atoms with Crippen molar-refractivity contribution < 1.29 is 14.0 Å². The number of hydrogen-bond acceptors (Lipinski definition) is 3. The van der Waals surface area contributed by atoms with E-state index in [1.807, 2.05) is 0 Å². The third-order valence-corrected chi connectivity index (χ3v) is 5.41. The Bertz CT molecular complexity index is 897. The highest BCUT2D eigenvalue weighted by Crippen LogP contribution is 2.36. The van der Waals surface area contributed by atoms with Gasteiger partial charge in [0.05, 0.1) is 11.4 Å². The van der Waals surface area contributed by atoms with Gasteiger partial charge in [0, 0.05) is 20.6 Å². The molecule has 2 aromatic rings. The van der Waals surface area contributed by atoms with Gasteiger partial charge in [0.1, 0.15) is 5.82 Å². The summed E-state index contributed by atoms with van der Waals surface area (Å²) in [5, 5.41) is 0.457. The average molecular weight is 417 g/mol. The zero-order chi connectivity index (χ0) is 18.1. The molecule has 0 atom stereocenters. The molecule has 8 heteroatoms. The predicted molar refractivity (Wildman–Crippen MR) is 99.4 cm³/mol. The Morgan fingerprint density at radius 1 is 1.04 bits per heavy atom. The smallest absolute Gasteiger partial charge is 0.268 e. The van der Waals surface area contributed by atoms with Crippen LogP contribution in [0.4, 0.5) is 9.18 Å². The molecule has 0 spiro atoms. The highest BCUT2D eigenvalue weighted by molar-refractivity contribution is 8.18. The largest absolute Gasteiger partial charge is 0.293 e. The van der Waals surface area contributed by atoms with E-state index < -0.39 is 17.0 Å². The molecule has 128 valence electrons. The standard InChI is InChI=1S/C17H9Cl3FNO2S/c18-12-2-1-3-13(19)11(12)7-15-16(23)22(17(24)25-15)8-9-4-5-10(21)6-14(9)20/h1-7H,8H2/b15-7+.